The molecule has 8 heteroatoms. The van der Waals surface area contributed by atoms with E-state index in [-0.39, 0.29) is 5.75 Å². The van der Waals surface area contributed by atoms with Crippen LogP contribution in [0.1, 0.15) is 0 Å². The van der Waals surface area contributed by atoms with Gasteiger partial charge in [-0.2, -0.15) is 13.9 Å². The van der Waals surface area contributed by atoms with Gasteiger partial charge >= 0.3 is 6.61 Å². The number of rotatable bonds is 6. The number of pyridine rings is 1. The SMILES string of the molecule is COc1ccc(Oc2cn[nH]c2)nc1-c1cccc(OC(F)F)c1. The predicted octanol–water partition coefficient (Wildman–Crippen LogP) is 3.87. The number of hydrogen-bond acceptors (Lipinski definition) is 5. The zero-order chi connectivity index (χ0) is 16.9. The average Bonchev–Trinajstić information content (AvgIpc) is 3.07. The van der Waals surface area contributed by atoms with E-state index in [1.807, 2.05) is 0 Å². The molecule has 0 spiro atoms. The van der Waals surface area contributed by atoms with Gasteiger partial charge in [0, 0.05) is 11.6 Å². The Bertz CT molecular complexity index is 810. The minimum atomic E-state index is -2.90. The van der Waals surface area contributed by atoms with E-state index in [1.165, 1.54) is 25.4 Å². The van der Waals surface area contributed by atoms with Crippen LogP contribution < -0.4 is 14.2 Å². The molecule has 0 radical (unpaired) electrons. The molecular formula is C16H13F2N3O3. The van der Waals surface area contributed by atoms with E-state index in [2.05, 4.69) is 19.9 Å². The number of aromatic amines is 1. The second-order valence-electron chi connectivity index (χ2n) is 4.64. The first-order chi connectivity index (χ1) is 11.7. The van der Waals surface area contributed by atoms with Gasteiger partial charge in [0.05, 0.1) is 19.5 Å². The monoisotopic (exact) mass is 333 g/mol. The molecule has 1 N–H and O–H groups in total. The van der Waals surface area contributed by atoms with Gasteiger partial charge in [0.1, 0.15) is 17.2 Å². The van der Waals surface area contributed by atoms with Gasteiger partial charge in [0.25, 0.3) is 0 Å². The number of benzene rings is 1. The molecule has 0 fully saturated rings. The lowest BCUT2D eigenvalue weighted by Crippen LogP contribution is -2.02. The molecule has 0 aliphatic heterocycles. The second-order valence-corrected chi connectivity index (χ2v) is 4.64. The van der Waals surface area contributed by atoms with Crippen LogP contribution >= 0.6 is 0 Å². The fraction of sp³-hybridized carbons (Fsp3) is 0.125. The van der Waals surface area contributed by atoms with Gasteiger partial charge in [-0.05, 0) is 18.2 Å². The van der Waals surface area contributed by atoms with Crippen LogP contribution in [0.2, 0.25) is 0 Å². The van der Waals surface area contributed by atoms with Crippen LogP contribution in [0.4, 0.5) is 8.78 Å². The number of halogens is 2. The van der Waals surface area contributed by atoms with Crippen molar-refractivity contribution >= 4 is 0 Å². The highest BCUT2D eigenvalue weighted by atomic mass is 19.3. The number of ether oxygens (including phenoxy) is 3. The van der Waals surface area contributed by atoms with Crippen LogP contribution in [-0.2, 0) is 0 Å². The summed E-state index contributed by atoms with van der Waals surface area (Å²) >= 11 is 0. The van der Waals surface area contributed by atoms with Crippen LogP contribution in [-0.4, -0.2) is 28.9 Å². The largest absolute Gasteiger partial charge is 0.494 e. The Morgan fingerprint density at radius 1 is 1.12 bits per heavy atom. The Labute approximate surface area is 136 Å². The number of hydrogen-bond donors (Lipinski definition) is 1. The topological polar surface area (TPSA) is 69.3 Å². The molecule has 0 atom stereocenters. The molecule has 2 aromatic heterocycles. The molecule has 24 heavy (non-hydrogen) atoms. The van der Waals surface area contributed by atoms with E-state index in [4.69, 9.17) is 9.47 Å². The summed E-state index contributed by atoms with van der Waals surface area (Å²) in [5.74, 6) is 1.32. The quantitative estimate of drug-likeness (QED) is 0.741. The molecule has 0 saturated carbocycles. The molecule has 3 aromatic rings. The van der Waals surface area contributed by atoms with Crippen LogP contribution in [0, 0.1) is 0 Å². The Morgan fingerprint density at radius 2 is 2.00 bits per heavy atom. The summed E-state index contributed by atoms with van der Waals surface area (Å²) in [6.07, 6.45) is 3.07. The molecule has 3 rings (SSSR count). The predicted molar refractivity (Wildman–Crippen MR) is 81.5 cm³/mol. The molecule has 0 aliphatic rings. The highest BCUT2D eigenvalue weighted by Gasteiger charge is 2.13. The van der Waals surface area contributed by atoms with Crippen LogP contribution in [0.15, 0.2) is 48.8 Å². The highest BCUT2D eigenvalue weighted by molar-refractivity contribution is 5.68. The molecule has 124 valence electrons. The second kappa shape index (κ2) is 6.95. The summed E-state index contributed by atoms with van der Waals surface area (Å²) in [4.78, 5) is 4.38. The van der Waals surface area contributed by atoms with Gasteiger partial charge in [-0.1, -0.05) is 12.1 Å². The van der Waals surface area contributed by atoms with Gasteiger partial charge in [-0.25, -0.2) is 4.98 Å². The third kappa shape index (κ3) is 3.60. The Kier molecular flexibility index (Phi) is 4.55. The maximum atomic E-state index is 12.4. The van der Waals surface area contributed by atoms with Crippen molar-refractivity contribution in [3.05, 3.63) is 48.8 Å². The maximum absolute atomic E-state index is 12.4. The normalized spacial score (nSPS) is 10.7. The first-order valence-corrected chi connectivity index (χ1v) is 6.92. The van der Waals surface area contributed by atoms with Crippen LogP contribution in [0.5, 0.6) is 23.1 Å². The number of nitrogens with zero attached hydrogens (tertiary/aromatic N) is 2. The van der Waals surface area contributed by atoms with Crippen molar-refractivity contribution in [1.82, 2.24) is 15.2 Å². The van der Waals surface area contributed by atoms with Crippen molar-refractivity contribution in [2.45, 2.75) is 6.61 Å². The Hall–Kier alpha value is -3.16. The van der Waals surface area contributed by atoms with Gasteiger partial charge in [0.15, 0.2) is 5.75 Å². The van der Waals surface area contributed by atoms with Gasteiger partial charge in [-0.15, -0.1) is 0 Å². The number of alkyl halides is 2. The van der Waals surface area contributed by atoms with E-state index in [0.717, 1.165) is 0 Å². The Balaban J connectivity index is 1.96. The van der Waals surface area contributed by atoms with Crippen LogP contribution in [0.3, 0.4) is 0 Å². The third-order valence-corrected chi connectivity index (χ3v) is 3.08. The fourth-order valence-electron chi connectivity index (χ4n) is 2.09. The van der Waals surface area contributed by atoms with Crippen LogP contribution in [0.25, 0.3) is 11.3 Å². The molecule has 0 bridgehead atoms. The molecule has 6 nitrogen and oxygen atoms in total. The van der Waals surface area contributed by atoms with Crippen molar-refractivity contribution in [3.63, 3.8) is 0 Å². The average molecular weight is 333 g/mol. The number of nitrogens with one attached hydrogen (secondary N) is 1. The molecule has 2 heterocycles. The minimum absolute atomic E-state index is 0.0347. The third-order valence-electron chi connectivity index (χ3n) is 3.08. The molecule has 0 saturated heterocycles. The zero-order valence-electron chi connectivity index (χ0n) is 12.6. The lowest BCUT2D eigenvalue weighted by Gasteiger charge is -2.11. The van der Waals surface area contributed by atoms with Crippen molar-refractivity contribution < 1.29 is 23.0 Å². The van der Waals surface area contributed by atoms with E-state index < -0.39 is 6.61 Å². The summed E-state index contributed by atoms with van der Waals surface area (Å²) in [7, 11) is 1.50. The van der Waals surface area contributed by atoms with Gasteiger partial charge in [0.2, 0.25) is 5.88 Å². The lowest BCUT2D eigenvalue weighted by atomic mass is 10.1. The van der Waals surface area contributed by atoms with E-state index >= 15 is 0 Å². The Morgan fingerprint density at radius 3 is 2.71 bits per heavy atom. The molecular weight excluding hydrogens is 320 g/mol. The molecule has 0 amide bonds. The first-order valence-electron chi connectivity index (χ1n) is 6.92. The molecule has 0 aliphatic carbocycles. The standard InChI is InChI=1S/C16H13F2N3O3/c1-22-13-5-6-14(23-12-8-19-20-9-12)21-15(13)10-3-2-4-11(7-10)24-16(17)18/h2-9,16H,1H3,(H,19,20). The van der Waals surface area contributed by atoms with Crippen molar-refractivity contribution in [2.24, 2.45) is 0 Å². The summed E-state index contributed by atoms with van der Waals surface area (Å²) < 4.78 is 40.0. The van der Waals surface area contributed by atoms with E-state index in [0.29, 0.717) is 28.6 Å². The van der Waals surface area contributed by atoms with Gasteiger partial charge < -0.3 is 14.2 Å². The van der Waals surface area contributed by atoms with E-state index in [9.17, 15) is 8.78 Å². The van der Waals surface area contributed by atoms with E-state index in [1.54, 1.807) is 30.5 Å². The summed E-state index contributed by atoms with van der Waals surface area (Å²) in [5, 5.41) is 6.41. The first kappa shape index (κ1) is 15.7. The summed E-state index contributed by atoms with van der Waals surface area (Å²) in [6, 6.07) is 9.52. The van der Waals surface area contributed by atoms with Gasteiger partial charge in [-0.3, -0.25) is 5.10 Å². The number of H-pyrrole nitrogens is 1. The van der Waals surface area contributed by atoms with Crippen molar-refractivity contribution in [3.8, 4) is 34.4 Å². The summed E-state index contributed by atoms with van der Waals surface area (Å²) in [6.45, 7) is -2.90. The van der Waals surface area contributed by atoms with Crippen molar-refractivity contribution in [1.29, 1.82) is 0 Å². The highest BCUT2D eigenvalue weighted by Crippen LogP contribution is 2.33. The number of methoxy groups -OCH3 is 1. The molecule has 0 unspecified atom stereocenters. The zero-order valence-corrected chi connectivity index (χ0v) is 12.6. The fourth-order valence-corrected chi connectivity index (χ4v) is 2.09. The summed E-state index contributed by atoms with van der Waals surface area (Å²) in [5.41, 5.74) is 1.00. The molecule has 1 aromatic carbocycles. The van der Waals surface area contributed by atoms with Crippen molar-refractivity contribution in [2.75, 3.05) is 7.11 Å². The minimum Gasteiger partial charge on any atom is -0.494 e. The smallest absolute Gasteiger partial charge is 0.387 e. The lowest BCUT2D eigenvalue weighted by molar-refractivity contribution is -0.0498. The maximum Gasteiger partial charge on any atom is 0.387 e. The number of aromatic nitrogens is 3.